The Kier molecular flexibility index (Phi) is 6.65. The highest BCUT2D eigenvalue weighted by atomic mass is 35.5. The van der Waals surface area contributed by atoms with Gasteiger partial charge in [-0.15, -0.1) is 0 Å². The zero-order valence-corrected chi connectivity index (χ0v) is 20.6. The predicted octanol–water partition coefficient (Wildman–Crippen LogP) is 7.93. The van der Waals surface area contributed by atoms with E-state index < -0.39 is 0 Å². The summed E-state index contributed by atoms with van der Waals surface area (Å²) in [5, 5.41) is 4.12. The van der Waals surface area contributed by atoms with E-state index >= 15 is 0 Å². The standard InChI is InChI=1S/C29H32ClNO2/c1-28(2)18-20(19-29(3,4)31-28)16-25(32)22-14-15-27(24(30)17-22)33-26-13-9-8-12-23(26)21-10-6-5-7-11-21/h5-15,17,20,31H,16,18-19H2,1-4H3. The lowest BCUT2D eigenvalue weighted by atomic mass is 9.74. The molecule has 1 aliphatic rings. The third-order valence-corrected chi connectivity index (χ3v) is 6.49. The summed E-state index contributed by atoms with van der Waals surface area (Å²) in [6.07, 6.45) is 2.49. The van der Waals surface area contributed by atoms with Crippen LogP contribution in [0.15, 0.2) is 72.8 Å². The van der Waals surface area contributed by atoms with E-state index in [1.807, 2.05) is 48.5 Å². The minimum Gasteiger partial charge on any atom is -0.455 e. The number of rotatable bonds is 6. The molecule has 3 aromatic rings. The van der Waals surface area contributed by atoms with E-state index in [2.05, 4.69) is 45.1 Å². The molecule has 1 aliphatic heterocycles. The normalized spacial score (nSPS) is 17.5. The lowest BCUT2D eigenvalue weighted by molar-refractivity contribution is 0.0864. The van der Waals surface area contributed by atoms with E-state index in [0.717, 1.165) is 29.7 Å². The summed E-state index contributed by atoms with van der Waals surface area (Å²) in [5.74, 6) is 1.74. The van der Waals surface area contributed by atoms with Gasteiger partial charge in [0.1, 0.15) is 11.5 Å². The van der Waals surface area contributed by atoms with Crippen LogP contribution < -0.4 is 10.1 Å². The van der Waals surface area contributed by atoms with Crippen LogP contribution in [0.2, 0.25) is 5.02 Å². The Hall–Kier alpha value is -2.62. The van der Waals surface area contributed by atoms with Crippen molar-refractivity contribution in [3.05, 3.63) is 83.4 Å². The highest BCUT2D eigenvalue weighted by molar-refractivity contribution is 6.32. The molecule has 3 nitrogen and oxygen atoms in total. The second-order valence-electron chi connectivity index (χ2n) is 10.4. The number of hydrogen-bond donors (Lipinski definition) is 1. The molecule has 1 saturated heterocycles. The van der Waals surface area contributed by atoms with Crippen molar-refractivity contribution in [3.63, 3.8) is 0 Å². The average Bonchev–Trinajstić information content (AvgIpc) is 2.74. The first kappa shape index (κ1) is 23.5. The van der Waals surface area contributed by atoms with Gasteiger partial charge in [0, 0.05) is 28.6 Å². The molecule has 172 valence electrons. The molecule has 1 heterocycles. The van der Waals surface area contributed by atoms with E-state index in [-0.39, 0.29) is 16.9 Å². The fourth-order valence-electron chi connectivity index (χ4n) is 5.35. The second-order valence-corrected chi connectivity index (χ2v) is 10.8. The third kappa shape index (κ3) is 5.85. The molecular formula is C29H32ClNO2. The summed E-state index contributed by atoms with van der Waals surface area (Å²) in [7, 11) is 0. The molecule has 0 radical (unpaired) electrons. The fraction of sp³-hybridized carbons (Fsp3) is 0.345. The molecule has 0 saturated carbocycles. The first-order chi connectivity index (χ1) is 15.6. The number of ether oxygens (including phenoxy) is 1. The van der Waals surface area contributed by atoms with Crippen LogP contribution in [0.5, 0.6) is 11.5 Å². The summed E-state index contributed by atoms with van der Waals surface area (Å²) in [6, 6.07) is 23.3. The smallest absolute Gasteiger partial charge is 0.163 e. The van der Waals surface area contributed by atoms with Crippen LogP contribution in [-0.2, 0) is 0 Å². The van der Waals surface area contributed by atoms with Crippen LogP contribution in [0.1, 0.15) is 57.3 Å². The molecule has 1 fully saturated rings. The van der Waals surface area contributed by atoms with Crippen LogP contribution >= 0.6 is 11.6 Å². The van der Waals surface area contributed by atoms with Crippen molar-refractivity contribution in [2.24, 2.45) is 5.92 Å². The van der Waals surface area contributed by atoms with E-state index in [1.54, 1.807) is 12.1 Å². The minimum atomic E-state index is 0.0220. The van der Waals surface area contributed by atoms with Crippen LogP contribution in [0.4, 0.5) is 0 Å². The summed E-state index contributed by atoms with van der Waals surface area (Å²) in [5.41, 5.74) is 2.75. The summed E-state index contributed by atoms with van der Waals surface area (Å²) in [6.45, 7) is 8.84. The molecule has 0 bridgehead atoms. The monoisotopic (exact) mass is 461 g/mol. The number of Topliss-reactive ketones (excluding diaryl/α,β-unsaturated/α-hetero) is 1. The molecular weight excluding hydrogens is 430 g/mol. The van der Waals surface area contributed by atoms with Crippen LogP contribution in [-0.4, -0.2) is 16.9 Å². The van der Waals surface area contributed by atoms with Crippen LogP contribution in [0, 0.1) is 5.92 Å². The maximum absolute atomic E-state index is 13.1. The molecule has 1 N–H and O–H groups in total. The van der Waals surface area contributed by atoms with E-state index in [9.17, 15) is 4.79 Å². The molecule has 0 unspecified atom stereocenters. The Balaban J connectivity index is 1.50. The zero-order chi connectivity index (χ0) is 23.6. The molecule has 4 rings (SSSR count). The van der Waals surface area contributed by atoms with Crippen molar-refractivity contribution in [3.8, 4) is 22.6 Å². The SMILES string of the molecule is CC1(C)CC(CC(=O)c2ccc(Oc3ccccc3-c3ccccc3)c(Cl)c2)CC(C)(C)N1. The number of piperidine rings is 1. The van der Waals surface area contributed by atoms with Gasteiger partial charge in [0.15, 0.2) is 5.78 Å². The number of hydrogen-bond acceptors (Lipinski definition) is 3. The fourth-order valence-corrected chi connectivity index (χ4v) is 5.56. The predicted molar refractivity (Wildman–Crippen MR) is 136 cm³/mol. The van der Waals surface area contributed by atoms with Crippen molar-refractivity contribution in [1.29, 1.82) is 0 Å². The number of carbonyl (C=O) groups is 1. The van der Waals surface area contributed by atoms with Crippen LogP contribution in [0.3, 0.4) is 0 Å². The van der Waals surface area contributed by atoms with Gasteiger partial charge in [-0.3, -0.25) is 4.79 Å². The summed E-state index contributed by atoms with van der Waals surface area (Å²) in [4.78, 5) is 13.1. The van der Waals surface area contributed by atoms with Gasteiger partial charge in [-0.1, -0.05) is 60.1 Å². The van der Waals surface area contributed by atoms with Gasteiger partial charge in [-0.25, -0.2) is 0 Å². The Bertz CT molecular complexity index is 1120. The molecule has 33 heavy (non-hydrogen) atoms. The Morgan fingerprint density at radius 2 is 1.55 bits per heavy atom. The minimum absolute atomic E-state index is 0.0220. The quantitative estimate of drug-likeness (QED) is 0.379. The van der Waals surface area contributed by atoms with Crippen molar-refractivity contribution < 1.29 is 9.53 Å². The van der Waals surface area contributed by atoms with Gasteiger partial charge < -0.3 is 10.1 Å². The maximum atomic E-state index is 13.1. The molecule has 0 amide bonds. The zero-order valence-electron chi connectivity index (χ0n) is 19.8. The van der Waals surface area contributed by atoms with Gasteiger partial charge in [0.05, 0.1) is 5.02 Å². The molecule has 0 aromatic heterocycles. The average molecular weight is 462 g/mol. The first-order valence-corrected chi connectivity index (χ1v) is 11.9. The van der Waals surface area contributed by atoms with Crippen molar-refractivity contribution >= 4 is 17.4 Å². The van der Waals surface area contributed by atoms with Gasteiger partial charge in [-0.2, -0.15) is 0 Å². The highest BCUT2D eigenvalue weighted by Gasteiger charge is 2.38. The summed E-state index contributed by atoms with van der Waals surface area (Å²) < 4.78 is 6.18. The first-order valence-electron chi connectivity index (χ1n) is 11.6. The molecule has 0 aliphatic carbocycles. The number of para-hydroxylation sites is 1. The molecule has 0 spiro atoms. The van der Waals surface area contributed by atoms with Gasteiger partial charge in [-0.05, 0) is 76.3 Å². The Morgan fingerprint density at radius 1 is 0.909 bits per heavy atom. The molecule has 4 heteroatoms. The highest BCUT2D eigenvalue weighted by Crippen LogP contribution is 2.38. The van der Waals surface area contributed by atoms with E-state index in [4.69, 9.17) is 16.3 Å². The molecule has 3 aromatic carbocycles. The Morgan fingerprint density at radius 3 is 2.21 bits per heavy atom. The van der Waals surface area contributed by atoms with Gasteiger partial charge in [0.25, 0.3) is 0 Å². The Labute approximate surface area is 202 Å². The largest absolute Gasteiger partial charge is 0.455 e. The number of benzene rings is 3. The maximum Gasteiger partial charge on any atom is 0.163 e. The number of halogens is 1. The van der Waals surface area contributed by atoms with Crippen molar-refractivity contribution in [1.82, 2.24) is 5.32 Å². The van der Waals surface area contributed by atoms with Crippen molar-refractivity contribution in [2.45, 2.75) is 58.0 Å². The molecule has 0 atom stereocenters. The van der Waals surface area contributed by atoms with Gasteiger partial charge in [0.2, 0.25) is 0 Å². The number of ketones is 1. The van der Waals surface area contributed by atoms with E-state index in [0.29, 0.717) is 28.7 Å². The number of nitrogens with one attached hydrogen (secondary N) is 1. The van der Waals surface area contributed by atoms with Crippen molar-refractivity contribution in [2.75, 3.05) is 0 Å². The summed E-state index contributed by atoms with van der Waals surface area (Å²) >= 11 is 6.57. The number of carbonyl (C=O) groups excluding carboxylic acids is 1. The topological polar surface area (TPSA) is 38.3 Å². The van der Waals surface area contributed by atoms with Gasteiger partial charge >= 0.3 is 0 Å². The lowest BCUT2D eigenvalue weighted by Crippen LogP contribution is -2.57. The van der Waals surface area contributed by atoms with Crippen LogP contribution in [0.25, 0.3) is 11.1 Å². The third-order valence-electron chi connectivity index (χ3n) is 6.19. The van der Waals surface area contributed by atoms with E-state index in [1.165, 1.54) is 0 Å². The second kappa shape index (κ2) is 9.32. The lowest BCUT2D eigenvalue weighted by Gasteiger charge is -2.46.